The number of rotatable bonds is 5. The maximum atomic E-state index is 11.4. The molecular weight excluding hydrogens is 252 g/mol. The van der Waals surface area contributed by atoms with E-state index in [-0.39, 0.29) is 13.2 Å². The van der Waals surface area contributed by atoms with E-state index in [2.05, 4.69) is 15.6 Å². The Hall–Kier alpha value is -2.44. The van der Waals surface area contributed by atoms with Crippen molar-refractivity contribution in [2.45, 2.75) is 6.92 Å². The second-order valence-corrected chi connectivity index (χ2v) is 3.33. The number of methoxy groups -OCH3 is 1. The van der Waals surface area contributed by atoms with E-state index in [1.54, 1.807) is 31.2 Å². The summed E-state index contributed by atoms with van der Waals surface area (Å²) in [5.41, 5.74) is 4.22. The summed E-state index contributed by atoms with van der Waals surface area (Å²) in [7, 11) is 1.50. The standard InChI is InChI=1S/C12H16N2O5/c1-3-18-12(16)14-13-11(15)8-19-10-7-5-4-6-9(10)17-2/h4-7H,3,8H2,1-2H3,(H,13,15)(H,14,16). The van der Waals surface area contributed by atoms with Gasteiger partial charge in [0.15, 0.2) is 18.1 Å². The molecule has 0 radical (unpaired) electrons. The predicted octanol–water partition coefficient (Wildman–Crippen LogP) is 0.851. The van der Waals surface area contributed by atoms with Crippen LogP contribution in [0.4, 0.5) is 4.79 Å². The van der Waals surface area contributed by atoms with Crippen LogP contribution in [0, 0.1) is 0 Å². The van der Waals surface area contributed by atoms with Crippen LogP contribution in [0.1, 0.15) is 6.92 Å². The van der Waals surface area contributed by atoms with E-state index in [9.17, 15) is 9.59 Å². The van der Waals surface area contributed by atoms with Crippen LogP contribution in [0.5, 0.6) is 11.5 Å². The number of hydrogen-bond donors (Lipinski definition) is 2. The third-order valence-corrected chi connectivity index (χ3v) is 2.01. The lowest BCUT2D eigenvalue weighted by molar-refractivity contribution is -0.124. The summed E-state index contributed by atoms with van der Waals surface area (Å²) in [6, 6.07) is 6.93. The van der Waals surface area contributed by atoms with Crippen LogP contribution in [0.25, 0.3) is 0 Å². The molecule has 19 heavy (non-hydrogen) atoms. The fourth-order valence-electron chi connectivity index (χ4n) is 1.21. The highest BCUT2D eigenvalue weighted by molar-refractivity contribution is 5.80. The topological polar surface area (TPSA) is 85.9 Å². The Morgan fingerprint density at radius 3 is 2.47 bits per heavy atom. The average Bonchev–Trinajstić information content (AvgIpc) is 2.43. The molecule has 2 N–H and O–H groups in total. The van der Waals surface area contributed by atoms with Gasteiger partial charge in [0.05, 0.1) is 13.7 Å². The molecule has 0 aliphatic rings. The SMILES string of the molecule is CCOC(=O)NNC(=O)COc1ccccc1OC. The van der Waals surface area contributed by atoms with Crippen LogP contribution in [-0.4, -0.2) is 32.3 Å². The number of carbonyl (C=O) groups excluding carboxylic acids is 2. The summed E-state index contributed by atoms with van der Waals surface area (Å²) in [5.74, 6) is 0.448. The fourth-order valence-corrected chi connectivity index (χ4v) is 1.21. The lowest BCUT2D eigenvalue weighted by Gasteiger charge is -2.10. The molecular formula is C12H16N2O5. The number of carbonyl (C=O) groups is 2. The van der Waals surface area contributed by atoms with Gasteiger partial charge in [-0.15, -0.1) is 0 Å². The Kier molecular flexibility index (Phi) is 6.00. The Bertz CT molecular complexity index is 436. The maximum absolute atomic E-state index is 11.4. The van der Waals surface area contributed by atoms with Crippen molar-refractivity contribution < 1.29 is 23.8 Å². The molecule has 104 valence electrons. The molecule has 7 heteroatoms. The molecule has 0 bridgehead atoms. The molecule has 0 aromatic heterocycles. The monoisotopic (exact) mass is 268 g/mol. The minimum atomic E-state index is -0.729. The third-order valence-electron chi connectivity index (χ3n) is 2.01. The van der Waals surface area contributed by atoms with E-state index in [4.69, 9.17) is 9.47 Å². The maximum Gasteiger partial charge on any atom is 0.426 e. The number of para-hydroxylation sites is 2. The summed E-state index contributed by atoms with van der Waals surface area (Å²) in [6.07, 6.45) is -0.729. The van der Waals surface area contributed by atoms with Crippen LogP contribution >= 0.6 is 0 Å². The predicted molar refractivity (Wildman–Crippen MR) is 66.8 cm³/mol. The first-order chi connectivity index (χ1) is 9.17. The molecule has 0 saturated carbocycles. The van der Waals surface area contributed by atoms with Gasteiger partial charge in [-0.05, 0) is 19.1 Å². The summed E-state index contributed by atoms with van der Waals surface area (Å²) < 4.78 is 14.9. The van der Waals surface area contributed by atoms with Gasteiger partial charge in [-0.25, -0.2) is 10.2 Å². The van der Waals surface area contributed by atoms with E-state index in [0.29, 0.717) is 11.5 Å². The van der Waals surface area contributed by atoms with Gasteiger partial charge in [0.25, 0.3) is 5.91 Å². The highest BCUT2D eigenvalue weighted by Gasteiger charge is 2.07. The highest BCUT2D eigenvalue weighted by atomic mass is 16.6. The molecule has 1 rings (SSSR count). The second-order valence-electron chi connectivity index (χ2n) is 3.33. The summed E-state index contributed by atoms with van der Waals surface area (Å²) in [4.78, 5) is 22.3. The zero-order valence-electron chi connectivity index (χ0n) is 10.8. The van der Waals surface area contributed by atoms with Gasteiger partial charge in [-0.2, -0.15) is 0 Å². The second kappa shape index (κ2) is 7.80. The highest BCUT2D eigenvalue weighted by Crippen LogP contribution is 2.25. The van der Waals surface area contributed by atoms with Crippen LogP contribution < -0.4 is 20.3 Å². The number of nitrogens with one attached hydrogen (secondary N) is 2. The summed E-state index contributed by atoms with van der Waals surface area (Å²) >= 11 is 0. The van der Waals surface area contributed by atoms with E-state index in [1.165, 1.54) is 7.11 Å². The zero-order valence-corrected chi connectivity index (χ0v) is 10.8. The van der Waals surface area contributed by atoms with Gasteiger partial charge < -0.3 is 14.2 Å². The number of hydrogen-bond acceptors (Lipinski definition) is 5. The van der Waals surface area contributed by atoms with Crippen molar-refractivity contribution >= 4 is 12.0 Å². The van der Waals surface area contributed by atoms with Crippen molar-refractivity contribution in [2.75, 3.05) is 20.3 Å². The normalized spacial score (nSPS) is 9.37. The minimum absolute atomic E-state index is 0.222. The van der Waals surface area contributed by atoms with Crippen molar-refractivity contribution in [1.82, 2.24) is 10.9 Å². The summed E-state index contributed by atoms with van der Waals surface area (Å²) in [6.45, 7) is 1.62. The Balaban J connectivity index is 2.35. The van der Waals surface area contributed by atoms with Crippen LogP contribution in [0.15, 0.2) is 24.3 Å². The van der Waals surface area contributed by atoms with Gasteiger partial charge in [0.1, 0.15) is 0 Å². The molecule has 0 unspecified atom stereocenters. The molecule has 0 fully saturated rings. The molecule has 1 aromatic rings. The molecule has 0 saturated heterocycles. The summed E-state index contributed by atoms with van der Waals surface area (Å²) in [5, 5.41) is 0. The van der Waals surface area contributed by atoms with Gasteiger partial charge in [0, 0.05) is 0 Å². The molecule has 7 nitrogen and oxygen atoms in total. The fraction of sp³-hybridized carbons (Fsp3) is 0.333. The van der Waals surface area contributed by atoms with Gasteiger partial charge in [0.2, 0.25) is 0 Å². The van der Waals surface area contributed by atoms with Crippen molar-refractivity contribution in [2.24, 2.45) is 0 Å². The Morgan fingerprint density at radius 2 is 1.84 bits per heavy atom. The quantitative estimate of drug-likeness (QED) is 0.773. The van der Waals surface area contributed by atoms with Crippen molar-refractivity contribution in [3.63, 3.8) is 0 Å². The first-order valence-electron chi connectivity index (χ1n) is 5.64. The van der Waals surface area contributed by atoms with Gasteiger partial charge in [-0.1, -0.05) is 12.1 Å². The zero-order chi connectivity index (χ0) is 14.1. The van der Waals surface area contributed by atoms with E-state index >= 15 is 0 Å². The molecule has 0 spiro atoms. The Morgan fingerprint density at radius 1 is 1.16 bits per heavy atom. The number of hydrazine groups is 1. The lowest BCUT2D eigenvalue weighted by atomic mass is 10.3. The van der Waals surface area contributed by atoms with Crippen molar-refractivity contribution in [1.29, 1.82) is 0 Å². The number of ether oxygens (including phenoxy) is 3. The lowest BCUT2D eigenvalue weighted by Crippen LogP contribution is -2.44. The molecule has 0 heterocycles. The van der Waals surface area contributed by atoms with Crippen LogP contribution in [0.2, 0.25) is 0 Å². The molecule has 0 aliphatic carbocycles. The van der Waals surface area contributed by atoms with E-state index in [0.717, 1.165) is 0 Å². The largest absolute Gasteiger partial charge is 0.493 e. The minimum Gasteiger partial charge on any atom is -0.493 e. The molecule has 0 aliphatic heterocycles. The van der Waals surface area contributed by atoms with Crippen molar-refractivity contribution in [3.8, 4) is 11.5 Å². The van der Waals surface area contributed by atoms with Gasteiger partial charge in [-0.3, -0.25) is 10.2 Å². The smallest absolute Gasteiger partial charge is 0.426 e. The molecule has 2 amide bonds. The number of amides is 2. The van der Waals surface area contributed by atoms with Crippen LogP contribution in [0.3, 0.4) is 0 Å². The molecule has 0 atom stereocenters. The van der Waals surface area contributed by atoms with E-state index < -0.39 is 12.0 Å². The first kappa shape index (κ1) is 14.6. The average molecular weight is 268 g/mol. The van der Waals surface area contributed by atoms with Crippen molar-refractivity contribution in [3.05, 3.63) is 24.3 Å². The van der Waals surface area contributed by atoms with E-state index in [1.807, 2.05) is 0 Å². The van der Waals surface area contributed by atoms with Crippen LogP contribution in [-0.2, 0) is 9.53 Å². The van der Waals surface area contributed by atoms with Gasteiger partial charge >= 0.3 is 6.09 Å². The third kappa shape index (κ3) is 5.15. The first-order valence-corrected chi connectivity index (χ1v) is 5.64. The number of benzene rings is 1. The Labute approximate surface area is 110 Å². The molecule has 1 aromatic carbocycles.